The summed E-state index contributed by atoms with van der Waals surface area (Å²) in [5.74, 6) is -0.766. The van der Waals surface area contributed by atoms with Crippen molar-refractivity contribution in [3.05, 3.63) is 11.8 Å². The van der Waals surface area contributed by atoms with Crippen LogP contribution in [-0.4, -0.2) is 34.8 Å². The van der Waals surface area contributed by atoms with Gasteiger partial charge in [0.25, 0.3) is 11.8 Å². The van der Waals surface area contributed by atoms with E-state index in [0.29, 0.717) is 12.2 Å². The Labute approximate surface area is 110 Å². The maximum Gasteiger partial charge on any atom is 0.326 e. The van der Waals surface area contributed by atoms with Crippen molar-refractivity contribution in [1.82, 2.24) is 10.5 Å². The standard InChI is InChI=1S/C12H18N2O5/c1-3-4-5-9(12(16)17)13-10(15)7-18-11-6-8(2)19-14-11/h6,9H,3-5,7H2,1-2H3,(H,13,15)(H,16,17). The maximum atomic E-state index is 11.5. The minimum atomic E-state index is -1.04. The highest BCUT2D eigenvalue weighted by Gasteiger charge is 2.19. The smallest absolute Gasteiger partial charge is 0.326 e. The molecule has 1 aromatic rings. The number of rotatable bonds is 8. The van der Waals surface area contributed by atoms with Crippen molar-refractivity contribution < 1.29 is 24.0 Å². The Kier molecular flexibility index (Phi) is 5.84. The third kappa shape index (κ3) is 5.41. The Hall–Kier alpha value is -2.05. The number of aromatic nitrogens is 1. The molecule has 1 unspecified atom stereocenters. The molecule has 0 spiro atoms. The Balaban J connectivity index is 2.37. The molecule has 0 aliphatic carbocycles. The van der Waals surface area contributed by atoms with Crippen LogP contribution in [0.5, 0.6) is 5.88 Å². The fraction of sp³-hybridized carbons (Fsp3) is 0.583. The topological polar surface area (TPSA) is 102 Å². The van der Waals surface area contributed by atoms with Crippen LogP contribution in [0.15, 0.2) is 10.6 Å². The van der Waals surface area contributed by atoms with Crippen LogP contribution in [0, 0.1) is 6.92 Å². The van der Waals surface area contributed by atoms with E-state index in [0.717, 1.165) is 12.8 Å². The average Bonchev–Trinajstić information content (AvgIpc) is 2.77. The summed E-state index contributed by atoms with van der Waals surface area (Å²) in [4.78, 5) is 22.5. The van der Waals surface area contributed by atoms with Crippen LogP contribution in [0.4, 0.5) is 0 Å². The number of nitrogens with zero attached hydrogens (tertiary/aromatic N) is 1. The lowest BCUT2D eigenvalue weighted by Gasteiger charge is -2.13. The van der Waals surface area contributed by atoms with Crippen LogP contribution in [0.1, 0.15) is 31.9 Å². The van der Waals surface area contributed by atoms with E-state index >= 15 is 0 Å². The van der Waals surface area contributed by atoms with Gasteiger partial charge in [-0.1, -0.05) is 19.8 Å². The normalized spacial score (nSPS) is 11.9. The summed E-state index contributed by atoms with van der Waals surface area (Å²) in [7, 11) is 0. The zero-order valence-corrected chi connectivity index (χ0v) is 11.0. The summed E-state index contributed by atoms with van der Waals surface area (Å²) in [5.41, 5.74) is 0. The third-order valence-electron chi connectivity index (χ3n) is 2.44. The number of carbonyl (C=O) groups is 2. The van der Waals surface area contributed by atoms with Crippen LogP contribution in [0.2, 0.25) is 0 Å². The predicted octanol–water partition coefficient (Wildman–Crippen LogP) is 1.12. The van der Waals surface area contributed by atoms with Gasteiger partial charge in [0.1, 0.15) is 11.8 Å². The zero-order chi connectivity index (χ0) is 14.3. The number of amides is 1. The van der Waals surface area contributed by atoms with Crippen LogP contribution >= 0.6 is 0 Å². The van der Waals surface area contributed by atoms with Gasteiger partial charge in [0.2, 0.25) is 0 Å². The molecule has 0 radical (unpaired) electrons. The van der Waals surface area contributed by atoms with E-state index in [1.54, 1.807) is 13.0 Å². The lowest BCUT2D eigenvalue weighted by molar-refractivity contribution is -0.142. The highest BCUT2D eigenvalue weighted by Crippen LogP contribution is 2.09. The molecule has 7 nitrogen and oxygen atoms in total. The van der Waals surface area contributed by atoms with Gasteiger partial charge in [-0.05, 0) is 18.5 Å². The summed E-state index contributed by atoms with van der Waals surface area (Å²) >= 11 is 0. The van der Waals surface area contributed by atoms with E-state index in [-0.39, 0.29) is 12.5 Å². The first-order valence-corrected chi connectivity index (χ1v) is 6.11. The van der Waals surface area contributed by atoms with E-state index in [2.05, 4.69) is 10.5 Å². The quantitative estimate of drug-likeness (QED) is 0.734. The number of aliphatic carboxylic acids is 1. The van der Waals surface area contributed by atoms with Crippen molar-refractivity contribution in [2.75, 3.05) is 6.61 Å². The molecule has 1 aromatic heterocycles. The first kappa shape index (κ1) is 15.0. The summed E-state index contributed by atoms with van der Waals surface area (Å²) in [6, 6.07) is 0.661. The van der Waals surface area contributed by atoms with Crippen molar-refractivity contribution in [3.63, 3.8) is 0 Å². The largest absolute Gasteiger partial charge is 0.480 e. The second kappa shape index (κ2) is 7.40. The molecule has 2 N–H and O–H groups in total. The molecule has 0 fully saturated rings. The number of hydrogen-bond donors (Lipinski definition) is 2. The van der Waals surface area contributed by atoms with E-state index in [1.807, 2.05) is 6.92 Å². The molecule has 0 aliphatic heterocycles. The van der Waals surface area contributed by atoms with Crippen LogP contribution in [-0.2, 0) is 9.59 Å². The molecule has 1 heterocycles. The zero-order valence-electron chi connectivity index (χ0n) is 11.0. The molecule has 1 rings (SSSR count). The summed E-state index contributed by atoms with van der Waals surface area (Å²) in [6.07, 6.45) is 2.01. The second-order valence-electron chi connectivity index (χ2n) is 4.17. The fourth-order valence-electron chi connectivity index (χ4n) is 1.45. The van der Waals surface area contributed by atoms with E-state index in [1.165, 1.54) is 0 Å². The van der Waals surface area contributed by atoms with Crippen LogP contribution in [0.3, 0.4) is 0 Å². The van der Waals surface area contributed by atoms with Gasteiger partial charge in [-0.2, -0.15) is 0 Å². The van der Waals surface area contributed by atoms with Gasteiger partial charge >= 0.3 is 5.97 Å². The summed E-state index contributed by atoms with van der Waals surface area (Å²) in [5, 5.41) is 14.9. The summed E-state index contributed by atoms with van der Waals surface area (Å²) in [6.45, 7) is 3.36. The highest BCUT2D eigenvalue weighted by atomic mass is 16.5. The molecule has 19 heavy (non-hydrogen) atoms. The second-order valence-corrected chi connectivity index (χ2v) is 4.17. The Morgan fingerprint density at radius 1 is 1.58 bits per heavy atom. The number of carbonyl (C=O) groups excluding carboxylic acids is 1. The van der Waals surface area contributed by atoms with Crippen molar-refractivity contribution in [2.24, 2.45) is 0 Å². The van der Waals surface area contributed by atoms with Crippen LogP contribution in [0.25, 0.3) is 0 Å². The molecule has 0 saturated carbocycles. The monoisotopic (exact) mass is 270 g/mol. The molecule has 0 aliphatic rings. The predicted molar refractivity (Wildman–Crippen MR) is 65.8 cm³/mol. The molecule has 7 heteroatoms. The first-order valence-electron chi connectivity index (χ1n) is 6.11. The lowest BCUT2D eigenvalue weighted by atomic mass is 10.1. The Morgan fingerprint density at radius 2 is 2.32 bits per heavy atom. The molecule has 1 amide bonds. The number of unbranched alkanes of at least 4 members (excludes halogenated alkanes) is 1. The van der Waals surface area contributed by atoms with Gasteiger partial charge in [-0.25, -0.2) is 4.79 Å². The SMILES string of the molecule is CCCCC(NC(=O)COc1cc(C)on1)C(=O)O. The van der Waals surface area contributed by atoms with E-state index in [9.17, 15) is 9.59 Å². The van der Waals surface area contributed by atoms with Crippen LogP contribution < -0.4 is 10.1 Å². The molecule has 106 valence electrons. The Morgan fingerprint density at radius 3 is 2.84 bits per heavy atom. The summed E-state index contributed by atoms with van der Waals surface area (Å²) < 4.78 is 9.83. The Bertz CT molecular complexity index is 430. The minimum absolute atomic E-state index is 0.202. The van der Waals surface area contributed by atoms with Gasteiger partial charge < -0.3 is 19.7 Å². The molecule has 0 aromatic carbocycles. The van der Waals surface area contributed by atoms with Crippen molar-refractivity contribution in [2.45, 2.75) is 39.2 Å². The number of carboxylic acids is 1. The van der Waals surface area contributed by atoms with Gasteiger partial charge in [-0.15, -0.1) is 0 Å². The molecule has 0 bridgehead atoms. The van der Waals surface area contributed by atoms with Gasteiger partial charge in [0.15, 0.2) is 6.61 Å². The van der Waals surface area contributed by atoms with Gasteiger partial charge in [0.05, 0.1) is 0 Å². The fourth-order valence-corrected chi connectivity index (χ4v) is 1.45. The van der Waals surface area contributed by atoms with Gasteiger partial charge in [-0.3, -0.25) is 4.79 Å². The number of nitrogens with one attached hydrogen (secondary N) is 1. The number of ether oxygens (including phenoxy) is 1. The first-order chi connectivity index (χ1) is 9.02. The average molecular weight is 270 g/mol. The maximum absolute atomic E-state index is 11.5. The van der Waals surface area contributed by atoms with E-state index < -0.39 is 17.9 Å². The third-order valence-corrected chi connectivity index (χ3v) is 2.44. The number of hydrogen-bond acceptors (Lipinski definition) is 5. The number of carboxylic acid groups (broad SMARTS) is 1. The molecule has 0 saturated heterocycles. The molecular formula is C12H18N2O5. The van der Waals surface area contributed by atoms with Gasteiger partial charge in [0, 0.05) is 6.07 Å². The van der Waals surface area contributed by atoms with Crippen molar-refractivity contribution in [3.8, 4) is 5.88 Å². The van der Waals surface area contributed by atoms with Crippen molar-refractivity contribution >= 4 is 11.9 Å². The van der Waals surface area contributed by atoms with Crippen molar-refractivity contribution in [1.29, 1.82) is 0 Å². The van der Waals surface area contributed by atoms with E-state index in [4.69, 9.17) is 14.4 Å². The number of aryl methyl sites for hydroxylation is 1. The molecule has 1 atom stereocenters. The highest BCUT2D eigenvalue weighted by molar-refractivity contribution is 5.84. The minimum Gasteiger partial charge on any atom is -0.480 e. The lowest BCUT2D eigenvalue weighted by Crippen LogP contribution is -2.42. The molecular weight excluding hydrogens is 252 g/mol.